The number of piperazine rings is 1. The molecule has 1 amide bonds. The lowest BCUT2D eigenvalue weighted by atomic mass is 9.92. The second-order valence-corrected chi connectivity index (χ2v) is 8.43. The van der Waals surface area contributed by atoms with Crippen molar-refractivity contribution in [1.29, 1.82) is 0 Å². The van der Waals surface area contributed by atoms with Gasteiger partial charge in [0.25, 0.3) is 0 Å². The summed E-state index contributed by atoms with van der Waals surface area (Å²) in [7, 11) is 2.18. The molecule has 1 saturated heterocycles. The van der Waals surface area contributed by atoms with Gasteiger partial charge in [-0.2, -0.15) is 0 Å². The number of amides is 1. The molecule has 2 atom stereocenters. The first-order valence-electron chi connectivity index (χ1n) is 9.39. The van der Waals surface area contributed by atoms with Crippen LogP contribution in [0, 0.1) is 11.8 Å². The lowest BCUT2D eigenvalue weighted by Crippen LogP contribution is -2.48. The van der Waals surface area contributed by atoms with Crippen molar-refractivity contribution >= 4 is 17.2 Å². The summed E-state index contributed by atoms with van der Waals surface area (Å²) in [5.41, 5.74) is 0. The fourth-order valence-corrected chi connectivity index (χ4v) is 4.91. The van der Waals surface area contributed by atoms with Crippen LogP contribution in [-0.2, 0) is 4.79 Å². The molecular weight excluding hydrogens is 318 g/mol. The summed E-state index contributed by atoms with van der Waals surface area (Å²) in [6.07, 6.45) is 5.03. The Bertz CT molecular complexity index is 505. The van der Waals surface area contributed by atoms with E-state index < -0.39 is 0 Å². The summed E-state index contributed by atoms with van der Waals surface area (Å²) in [4.78, 5) is 18.9. The monoisotopic (exact) mass is 349 g/mol. The van der Waals surface area contributed by atoms with Gasteiger partial charge in [0.1, 0.15) is 0 Å². The van der Waals surface area contributed by atoms with Gasteiger partial charge in [-0.3, -0.25) is 9.69 Å². The van der Waals surface area contributed by atoms with Crippen LogP contribution in [0.3, 0.4) is 0 Å². The Morgan fingerprint density at radius 1 is 1.29 bits per heavy atom. The Labute approximate surface area is 150 Å². The highest BCUT2D eigenvalue weighted by Crippen LogP contribution is 2.31. The zero-order valence-corrected chi connectivity index (χ0v) is 15.9. The number of thiophene rings is 1. The predicted molar refractivity (Wildman–Crippen MR) is 100 cm³/mol. The van der Waals surface area contributed by atoms with Crippen LogP contribution in [-0.4, -0.2) is 55.5 Å². The van der Waals surface area contributed by atoms with Crippen molar-refractivity contribution in [2.45, 2.75) is 38.6 Å². The molecule has 1 N–H and O–H groups in total. The Balaban J connectivity index is 1.58. The third-order valence-corrected chi connectivity index (χ3v) is 6.81. The van der Waals surface area contributed by atoms with E-state index in [0.717, 1.165) is 32.7 Å². The van der Waals surface area contributed by atoms with Gasteiger partial charge in [0.2, 0.25) is 5.91 Å². The molecule has 1 aromatic heterocycles. The minimum Gasteiger partial charge on any atom is -0.354 e. The zero-order valence-electron chi connectivity index (χ0n) is 15.0. The smallest absolute Gasteiger partial charge is 0.223 e. The number of hydrogen-bond acceptors (Lipinski definition) is 4. The molecule has 0 spiro atoms. The van der Waals surface area contributed by atoms with Gasteiger partial charge in [-0.05, 0) is 37.3 Å². The van der Waals surface area contributed by atoms with E-state index in [1.807, 2.05) is 0 Å². The first-order chi connectivity index (χ1) is 11.6. The summed E-state index contributed by atoms with van der Waals surface area (Å²) < 4.78 is 0. The molecule has 1 saturated carbocycles. The van der Waals surface area contributed by atoms with Crippen molar-refractivity contribution in [2.24, 2.45) is 11.8 Å². The average Bonchev–Trinajstić information content (AvgIpc) is 3.29. The number of rotatable bonds is 6. The van der Waals surface area contributed by atoms with E-state index in [9.17, 15) is 4.79 Å². The van der Waals surface area contributed by atoms with E-state index in [0.29, 0.717) is 12.0 Å². The van der Waals surface area contributed by atoms with Crippen molar-refractivity contribution in [2.75, 3.05) is 39.8 Å². The van der Waals surface area contributed by atoms with Crippen LogP contribution in [0.25, 0.3) is 0 Å². The molecule has 2 fully saturated rings. The molecule has 1 aromatic rings. The maximum absolute atomic E-state index is 12.6. The molecule has 1 aliphatic carbocycles. The lowest BCUT2D eigenvalue weighted by molar-refractivity contribution is -0.126. The van der Waals surface area contributed by atoms with Gasteiger partial charge in [0.15, 0.2) is 0 Å². The SMILES string of the molecule is CC(C(=O)NCC(c1cccs1)N1CCN(C)CC1)C1CCCC1. The number of carbonyl (C=O) groups excluding carboxylic acids is 1. The van der Waals surface area contributed by atoms with Crippen LogP contribution in [0.2, 0.25) is 0 Å². The first-order valence-corrected chi connectivity index (χ1v) is 10.3. The van der Waals surface area contributed by atoms with E-state index in [1.54, 1.807) is 11.3 Å². The number of nitrogens with zero attached hydrogens (tertiary/aromatic N) is 2. The lowest BCUT2D eigenvalue weighted by Gasteiger charge is -2.38. The molecule has 3 rings (SSSR count). The Hall–Kier alpha value is -0.910. The molecule has 24 heavy (non-hydrogen) atoms. The molecule has 0 bridgehead atoms. The highest BCUT2D eigenvalue weighted by molar-refractivity contribution is 7.10. The number of hydrogen-bond donors (Lipinski definition) is 1. The second-order valence-electron chi connectivity index (χ2n) is 7.45. The number of likely N-dealkylation sites (N-methyl/N-ethyl adjacent to an activating group) is 1. The van der Waals surface area contributed by atoms with E-state index in [4.69, 9.17) is 0 Å². The second kappa shape index (κ2) is 8.45. The maximum atomic E-state index is 12.6. The van der Waals surface area contributed by atoms with Crippen LogP contribution >= 0.6 is 11.3 Å². The Morgan fingerprint density at radius 2 is 2.00 bits per heavy atom. The average molecular weight is 350 g/mol. The summed E-state index contributed by atoms with van der Waals surface area (Å²) in [6.45, 7) is 7.21. The maximum Gasteiger partial charge on any atom is 0.223 e. The van der Waals surface area contributed by atoms with Crippen molar-refractivity contribution in [1.82, 2.24) is 15.1 Å². The van der Waals surface area contributed by atoms with Crippen molar-refractivity contribution in [3.05, 3.63) is 22.4 Å². The quantitative estimate of drug-likeness (QED) is 0.858. The molecule has 4 nitrogen and oxygen atoms in total. The molecule has 2 heterocycles. The molecular formula is C19H31N3OS. The largest absolute Gasteiger partial charge is 0.354 e. The summed E-state index contributed by atoms with van der Waals surface area (Å²) in [5.74, 6) is 0.996. The topological polar surface area (TPSA) is 35.6 Å². The molecule has 2 unspecified atom stereocenters. The van der Waals surface area contributed by atoms with E-state index >= 15 is 0 Å². The van der Waals surface area contributed by atoms with E-state index in [2.05, 4.69) is 46.6 Å². The summed E-state index contributed by atoms with van der Waals surface area (Å²) >= 11 is 1.80. The van der Waals surface area contributed by atoms with Crippen LogP contribution in [0.1, 0.15) is 43.5 Å². The molecule has 134 valence electrons. The van der Waals surface area contributed by atoms with Crippen LogP contribution in [0.15, 0.2) is 17.5 Å². The van der Waals surface area contributed by atoms with Gasteiger partial charge in [0.05, 0.1) is 6.04 Å². The third kappa shape index (κ3) is 4.38. The fourth-order valence-electron chi connectivity index (χ4n) is 4.05. The van der Waals surface area contributed by atoms with Crippen LogP contribution in [0.5, 0.6) is 0 Å². The van der Waals surface area contributed by atoms with E-state index in [-0.39, 0.29) is 11.8 Å². The highest BCUT2D eigenvalue weighted by atomic mass is 32.1. The standard InChI is InChI=1S/C19H31N3OS/c1-15(16-6-3-4-7-16)19(23)20-14-17(18-8-5-13-24-18)22-11-9-21(2)10-12-22/h5,8,13,15-17H,3-4,6-7,9-12,14H2,1-2H3,(H,20,23). The zero-order chi connectivity index (χ0) is 16.9. The molecule has 1 aliphatic heterocycles. The number of carbonyl (C=O) groups is 1. The molecule has 0 radical (unpaired) electrons. The first kappa shape index (κ1) is 17.9. The molecule has 0 aromatic carbocycles. The molecule has 2 aliphatic rings. The Kier molecular flexibility index (Phi) is 6.31. The fraction of sp³-hybridized carbons (Fsp3) is 0.737. The number of nitrogens with one attached hydrogen (secondary N) is 1. The normalized spacial score (nSPS) is 23.2. The van der Waals surface area contributed by atoms with Gasteiger partial charge < -0.3 is 10.2 Å². The van der Waals surface area contributed by atoms with Crippen LogP contribution < -0.4 is 5.32 Å². The van der Waals surface area contributed by atoms with Crippen molar-refractivity contribution < 1.29 is 4.79 Å². The molecule has 5 heteroatoms. The Morgan fingerprint density at radius 3 is 2.62 bits per heavy atom. The van der Waals surface area contributed by atoms with E-state index in [1.165, 1.54) is 30.6 Å². The van der Waals surface area contributed by atoms with Crippen molar-refractivity contribution in [3.63, 3.8) is 0 Å². The predicted octanol–water partition coefficient (Wildman–Crippen LogP) is 2.98. The third-order valence-electron chi connectivity index (χ3n) is 5.84. The summed E-state index contributed by atoms with van der Waals surface area (Å²) in [6, 6.07) is 4.64. The van der Waals surface area contributed by atoms with Gasteiger partial charge >= 0.3 is 0 Å². The summed E-state index contributed by atoms with van der Waals surface area (Å²) in [5, 5.41) is 5.41. The van der Waals surface area contributed by atoms with Gasteiger partial charge in [-0.1, -0.05) is 25.8 Å². The van der Waals surface area contributed by atoms with Gasteiger partial charge in [-0.25, -0.2) is 0 Å². The van der Waals surface area contributed by atoms with Gasteiger partial charge in [-0.15, -0.1) is 11.3 Å². The van der Waals surface area contributed by atoms with Gasteiger partial charge in [0, 0.05) is 43.5 Å². The van der Waals surface area contributed by atoms with Crippen LogP contribution in [0.4, 0.5) is 0 Å². The highest BCUT2D eigenvalue weighted by Gasteiger charge is 2.29. The van der Waals surface area contributed by atoms with Crippen molar-refractivity contribution in [3.8, 4) is 0 Å². The minimum atomic E-state index is 0.156. The minimum absolute atomic E-state index is 0.156.